The average Bonchev–Trinajstić information content (AvgIpc) is 2.38. The molecule has 1 rings (SSSR count). The maximum Gasteiger partial charge on any atom is 0.160 e. The first kappa shape index (κ1) is 15.7. The molecule has 0 fully saturated rings. The van der Waals surface area contributed by atoms with Crippen molar-refractivity contribution in [2.45, 2.75) is 33.6 Å². The van der Waals surface area contributed by atoms with E-state index >= 15 is 0 Å². The molecular weight excluding hydrogens is 240 g/mol. The smallest absolute Gasteiger partial charge is 0.160 e. The maximum atomic E-state index is 11.3. The van der Waals surface area contributed by atoms with E-state index in [1.54, 1.807) is 0 Å². The highest BCUT2D eigenvalue weighted by Crippen LogP contribution is 2.18. The van der Waals surface area contributed by atoms with Gasteiger partial charge >= 0.3 is 0 Å². The predicted molar refractivity (Wildman–Crippen MR) is 76.7 cm³/mol. The van der Waals surface area contributed by atoms with Gasteiger partial charge < -0.3 is 9.47 Å². The molecule has 1 aromatic carbocycles. The molecule has 0 saturated carbocycles. The molecule has 0 atom stereocenters. The van der Waals surface area contributed by atoms with Crippen molar-refractivity contribution in [3.8, 4) is 5.75 Å². The summed E-state index contributed by atoms with van der Waals surface area (Å²) in [6.45, 7) is 9.14. The molecule has 1 aromatic rings. The molecule has 106 valence electrons. The second-order valence-corrected chi connectivity index (χ2v) is 5.25. The molecule has 0 N–H and O–H groups in total. The quantitative estimate of drug-likeness (QED) is 0.675. The minimum atomic E-state index is 0.0319. The lowest BCUT2D eigenvalue weighted by molar-refractivity contribution is -0.126. The second-order valence-electron chi connectivity index (χ2n) is 5.25. The van der Waals surface area contributed by atoms with E-state index in [1.165, 1.54) is 5.56 Å². The van der Waals surface area contributed by atoms with E-state index in [0.29, 0.717) is 19.1 Å². The van der Waals surface area contributed by atoms with Crippen LogP contribution in [0.4, 0.5) is 0 Å². The topological polar surface area (TPSA) is 35.5 Å². The van der Waals surface area contributed by atoms with Crippen molar-refractivity contribution < 1.29 is 14.3 Å². The number of hydrogen-bond donors (Lipinski definition) is 0. The number of ketones is 1. The second kappa shape index (κ2) is 7.95. The molecule has 0 amide bonds. The molecule has 3 nitrogen and oxygen atoms in total. The van der Waals surface area contributed by atoms with Crippen LogP contribution in [0.1, 0.15) is 39.2 Å². The molecular formula is C16H24O3. The molecule has 0 aliphatic rings. The minimum Gasteiger partial charge on any atom is -0.491 e. The van der Waals surface area contributed by atoms with Crippen LogP contribution >= 0.6 is 0 Å². The van der Waals surface area contributed by atoms with Crippen LogP contribution < -0.4 is 4.74 Å². The van der Waals surface area contributed by atoms with Crippen LogP contribution in [0.15, 0.2) is 24.3 Å². The third kappa shape index (κ3) is 5.88. The van der Waals surface area contributed by atoms with Gasteiger partial charge in [-0.25, -0.2) is 0 Å². The number of carbonyl (C=O) groups excluding carboxylic acids is 1. The van der Waals surface area contributed by atoms with E-state index in [9.17, 15) is 4.79 Å². The predicted octanol–water partition coefficient (Wildman–Crippen LogP) is 3.43. The lowest BCUT2D eigenvalue weighted by atomic mass is 10.0. The number of ether oxygens (including phenoxy) is 2. The lowest BCUT2D eigenvalue weighted by Crippen LogP contribution is -2.17. The van der Waals surface area contributed by atoms with Crippen molar-refractivity contribution >= 4 is 5.78 Å². The Bertz CT molecular complexity index is 379. The van der Waals surface area contributed by atoms with Crippen LogP contribution in [0.3, 0.4) is 0 Å². The first-order valence-corrected chi connectivity index (χ1v) is 6.84. The van der Waals surface area contributed by atoms with Gasteiger partial charge in [-0.1, -0.05) is 39.8 Å². The number of Topliss-reactive ketones (excluding diaryl/α,β-unsaturated/α-hetero) is 1. The van der Waals surface area contributed by atoms with Crippen molar-refractivity contribution in [2.75, 3.05) is 19.8 Å². The monoisotopic (exact) mass is 264 g/mol. The molecule has 0 aliphatic heterocycles. The summed E-state index contributed by atoms with van der Waals surface area (Å²) in [6, 6.07) is 8.08. The van der Waals surface area contributed by atoms with Crippen LogP contribution in [0.25, 0.3) is 0 Å². The molecule has 0 heterocycles. The molecule has 0 spiro atoms. The summed E-state index contributed by atoms with van der Waals surface area (Å²) in [6.07, 6.45) is 0. The molecule has 0 bridgehead atoms. The van der Waals surface area contributed by atoms with Crippen molar-refractivity contribution in [1.82, 2.24) is 0 Å². The summed E-state index contributed by atoms with van der Waals surface area (Å²) in [5, 5.41) is 0. The fraction of sp³-hybridized carbons (Fsp3) is 0.562. The van der Waals surface area contributed by atoms with Crippen LogP contribution in [-0.4, -0.2) is 25.6 Å². The molecule has 0 radical (unpaired) electrons. The number of benzene rings is 1. The van der Waals surface area contributed by atoms with E-state index in [1.807, 2.05) is 26.0 Å². The SMILES string of the molecule is CC(C)C(=O)COCCOc1ccc(C(C)C)cc1. The molecule has 0 aliphatic carbocycles. The lowest BCUT2D eigenvalue weighted by Gasteiger charge is -2.09. The Morgan fingerprint density at radius 3 is 2.21 bits per heavy atom. The minimum absolute atomic E-state index is 0.0319. The van der Waals surface area contributed by atoms with Gasteiger partial charge in [0.15, 0.2) is 5.78 Å². The normalized spacial score (nSPS) is 11.1. The van der Waals surface area contributed by atoms with Gasteiger partial charge in [0.2, 0.25) is 0 Å². The van der Waals surface area contributed by atoms with Gasteiger partial charge in [0.05, 0.1) is 6.61 Å². The van der Waals surface area contributed by atoms with E-state index < -0.39 is 0 Å². The Labute approximate surface area is 115 Å². The first-order chi connectivity index (χ1) is 9.00. The van der Waals surface area contributed by atoms with Gasteiger partial charge in [-0.2, -0.15) is 0 Å². The van der Waals surface area contributed by atoms with E-state index in [2.05, 4.69) is 26.0 Å². The van der Waals surface area contributed by atoms with Crippen molar-refractivity contribution in [1.29, 1.82) is 0 Å². The highest BCUT2D eigenvalue weighted by atomic mass is 16.5. The van der Waals surface area contributed by atoms with Crippen molar-refractivity contribution in [3.05, 3.63) is 29.8 Å². The van der Waals surface area contributed by atoms with Gasteiger partial charge in [-0.15, -0.1) is 0 Å². The van der Waals surface area contributed by atoms with E-state index in [0.717, 1.165) is 5.75 Å². The maximum absolute atomic E-state index is 11.3. The third-order valence-electron chi connectivity index (χ3n) is 2.93. The molecule has 0 aromatic heterocycles. The largest absolute Gasteiger partial charge is 0.491 e. The fourth-order valence-corrected chi connectivity index (χ4v) is 1.51. The average molecular weight is 264 g/mol. The number of rotatable bonds is 8. The van der Waals surface area contributed by atoms with E-state index in [-0.39, 0.29) is 18.3 Å². The van der Waals surface area contributed by atoms with Crippen molar-refractivity contribution in [2.24, 2.45) is 5.92 Å². The van der Waals surface area contributed by atoms with Crippen LogP contribution in [0.2, 0.25) is 0 Å². The first-order valence-electron chi connectivity index (χ1n) is 6.84. The third-order valence-corrected chi connectivity index (χ3v) is 2.93. The summed E-state index contributed by atoms with van der Waals surface area (Å²) in [5.74, 6) is 1.52. The van der Waals surface area contributed by atoms with Gasteiger partial charge in [0.1, 0.15) is 19.0 Å². The van der Waals surface area contributed by atoms with Gasteiger partial charge in [0.25, 0.3) is 0 Å². The molecule has 0 unspecified atom stereocenters. The Morgan fingerprint density at radius 1 is 1.05 bits per heavy atom. The molecule has 0 saturated heterocycles. The fourth-order valence-electron chi connectivity index (χ4n) is 1.51. The standard InChI is InChI=1S/C16H24O3/c1-12(2)14-5-7-15(8-6-14)19-10-9-18-11-16(17)13(3)4/h5-8,12-13H,9-11H2,1-4H3. The van der Waals surface area contributed by atoms with Gasteiger partial charge in [-0.05, 0) is 23.6 Å². The van der Waals surface area contributed by atoms with Gasteiger partial charge in [0, 0.05) is 5.92 Å². The zero-order chi connectivity index (χ0) is 14.3. The highest BCUT2D eigenvalue weighted by Gasteiger charge is 2.06. The Morgan fingerprint density at radius 2 is 1.68 bits per heavy atom. The Kier molecular flexibility index (Phi) is 6.57. The zero-order valence-electron chi connectivity index (χ0n) is 12.3. The summed E-state index contributed by atoms with van der Waals surface area (Å²) >= 11 is 0. The van der Waals surface area contributed by atoms with Crippen LogP contribution in [-0.2, 0) is 9.53 Å². The molecule has 19 heavy (non-hydrogen) atoms. The van der Waals surface area contributed by atoms with Crippen LogP contribution in [0.5, 0.6) is 5.75 Å². The summed E-state index contributed by atoms with van der Waals surface area (Å²) < 4.78 is 10.8. The number of hydrogen-bond acceptors (Lipinski definition) is 3. The van der Waals surface area contributed by atoms with Crippen LogP contribution in [0, 0.1) is 5.92 Å². The molecule has 3 heteroatoms. The van der Waals surface area contributed by atoms with Gasteiger partial charge in [-0.3, -0.25) is 4.79 Å². The van der Waals surface area contributed by atoms with E-state index in [4.69, 9.17) is 9.47 Å². The highest BCUT2D eigenvalue weighted by molar-refractivity contribution is 5.81. The van der Waals surface area contributed by atoms with Crippen molar-refractivity contribution in [3.63, 3.8) is 0 Å². The Balaban J connectivity index is 2.21. The summed E-state index contributed by atoms with van der Waals surface area (Å²) in [7, 11) is 0. The summed E-state index contributed by atoms with van der Waals surface area (Å²) in [4.78, 5) is 11.3. The Hall–Kier alpha value is -1.35. The zero-order valence-corrected chi connectivity index (χ0v) is 12.3. The summed E-state index contributed by atoms with van der Waals surface area (Å²) in [5.41, 5.74) is 1.30. The number of carbonyl (C=O) groups is 1.